The minimum atomic E-state index is -0.735. The Morgan fingerprint density at radius 1 is 1.14 bits per heavy atom. The molecule has 188 valence electrons. The van der Waals surface area contributed by atoms with Crippen molar-refractivity contribution in [1.82, 2.24) is 20.4 Å². The summed E-state index contributed by atoms with van der Waals surface area (Å²) in [6.45, 7) is 8.68. The molecule has 0 fully saturated rings. The molecule has 2 aromatic carbocycles. The van der Waals surface area contributed by atoms with E-state index in [0.29, 0.717) is 35.1 Å². The van der Waals surface area contributed by atoms with Crippen molar-refractivity contribution < 1.29 is 19.1 Å². The molecule has 2 heterocycles. The Morgan fingerprint density at radius 3 is 2.56 bits per heavy atom. The van der Waals surface area contributed by atoms with Crippen LogP contribution in [0.5, 0.6) is 5.75 Å². The standard InChI is InChI=1S/C28H32N4O4/c1-17(2)13-14-36-23-12-11-20(15-18(23)3)25-22(16-32(31-25)21-9-7-6-8-10-21)26-24(27(33)35-5)19(4)29-28(34)30-26/h6-12,15-17,26H,13-14H2,1-5H3,(H2,29,30,34)/t26-/m1/s1. The average molecular weight is 489 g/mol. The molecule has 1 atom stereocenters. The molecule has 3 aromatic rings. The van der Waals surface area contributed by atoms with E-state index in [4.69, 9.17) is 14.6 Å². The van der Waals surface area contributed by atoms with E-state index >= 15 is 0 Å². The topological polar surface area (TPSA) is 94.5 Å². The number of nitrogens with one attached hydrogen (secondary N) is 2. The van der Waals surface area contributed by atoms with Crippen LogP contribution in [0.25, 0.3) is 16.9 Å². The average Bonchev–Trinajstić information content (AvgIpc) is 3.30. The van der Waals surface area contributed by atoms with Crippen LogP contribution in [0.1, 0.15) is 44.4 Å². The molecule has 8 heteroatoms. The highest BCUT2D eigenvalue weighted by Crippen LogP contribution is 2.36. The van der Waals surface area contributed by atoms with Crippen molar-refractivity contribution in [3.8, 4) is 22.7 Å². The highest BCUT2D eigenvalue weighted by Gasteiger charge is 2.35. The van der Waals surface area contributed by atoms with Crippen LogP contribution in [0.2, 0.25) is 0 Å². The van der Waals surface area contributed by atoms with Gasteiger partial charge in [0.05, 0.1) is 36.7 Å². The Labute approximate surface area is 211 Å². The Kier molecular flexibility index (Phi) is 7.43. The van der Waals surface area contributed by atoms with E-state index in [1.54, 1.807) is 11.6 Å². The van der Waals surface area contributed by atoms with Gasteiger partial charge in [0.15, 0.2) is 0 Å². The number of allylic oxidation sites excluding steroid dienone is 1. The summed E-state index contributed by atoms with van der Waals surface area (Å²) in [7, 11) is 1.33. The number of rotatable bonds is 8. The van der Waals surface area contributed by atoms with Crippen LogP contribution in [0.15, 0.2) is 66.0 Å². The molecule has 36 heavy (non-hydrogen) atoms. The number of amides is 2. The number of methoxy groups -OCH3 is 1. The fraction of sp³-hybridized carbons (Fsp3) is 0.321. The maximum absolute atomic E-state index is 12.7. The van der Waals surface area contributed by atoms with Gasteiger partial charge in [-0.15, -0.1) is 0 Å². The first-order valence-corrected chi connectivity index (χ1v) is 12.0. The summed E-state index contributed by atoms with van der Waals surface area (Å²) in [5.41, 5.74) is 4.79. The number of para-hydroxylation sites is 1. The molecule has 0 spiro atoms. The zero-order valence-electron chi connectivity index (χ0n) is 21.3. The second kappa shape index (κ2) is 10.7. The predicted molar refractivity (Wildman–Crippen MR) is 138 cm³/mol. The number of carbonyl (C=O) groups excluding carboxylic acids is 2. The maximum atomic E-state index is 12.7. The lowest BCUT2D eigenvalue weighted by Gasteiger charge is -2.27. The van der Waals surface area contributed by atoms with Gasteiger partial charge in [0, 0.05) is 23.0 Å². The fourth-order valence-corrected chi connectivity index (χ4v) is 4.21. The zero-order valence-corrected chi connectivity index (χ0v) is 21.3. The molecule has 0 saturated heterocycles. The number of urea groups is 1. The van der Waals surface area contributed by atoms with Gasteiger partial charge in [-0.25, -0.2) is 14.3 Å². The van der Waals surface area contributed by atoms with Crippen LogP contribution >= 0.6 is 0 Å². The molecular weight excluding hydrogens is 456 g/mol. The fourth-order valence-electron chi connectivity index (χ4n) is 4.21. The lowest BCUT2D eigenvalue weighted by Crippen LogP contribution is -2.45. The molecule has 0 radical (unpaired) electrons. The molecule has 8 nitrogen and oxygen atoms in total. The van der Waals surface area contributed by atoms with E-state index in [1.807, 2.05) is 61.7 Å². The second-order valence-corrected chi connectivity index (χ2v) is 9.29. The molecule has 0 saturated carbocycles. The number of benzene rings is 2. The van der Waals surface area contributed by atoms with E-state index in [1.165, 1.54) is 7.11 Å². The maximum Gasteiger partial charge on any atom is 0.337 e. The van der Waals surface area contributed by atoms with Crippen molar-refractivity contribution in [1.29, 1.82) is 0 Å². The van der Waals surface area contributed by atoms with E-state index in [2.05, 4.69) is 24.5 Å². The Hall–Kier alpha value is -4.07. The number of carbonyl (C=O) groups is 2. The third-order valence-corrected chi connectivity index (χ3v) is 6.15. The molecule has 1 aromatic heterocycles. The smallest absolute Gasteiger partial charge is 0.337 e. The van der Waals surface area contributed by atoms with Crippen LogP contribution in [0, 0.1) is 12.8 Å². The third-order valence-electron chi connectivity index (χ3n) is 6.15. The summed E-state index contributed by atoms with van der Waals surface area (Å²) >= 11 is 0. The second-order valence-electron chi connectivity index (χ2n) is 9.29. The quantitative estimate of drug-likeness (QED) is 0.432. The highest BCUT2D eigenvalue weighted by atomic mass is 16.5. The number of hydrogen-bond acceptors (Lipinski definition) is 5. The van der Waals surface area contributed by atoms with Crippen LogP contribution in [-0.2, 0) is 9.53 Å². The van der Waals surface area contributed by atoms with Gasteiger partial charge < -0.3 is 20.1 Å². The van der Waals surface area contributed by atoms with Crippen molar-refractivity contribution in [2.45, 2.75) is 40.2 Å². The Morgan fingerprint density at radius 2 is 1.89 bits per heavy atom. The lowest BCUT2D eigenvalue weighted by molar-refractivity contribution is -0.136. The highest BCUT2D eigenvalue weighted by molar-refractivity contribution is 5.95. The van der Waals surface area contributed by atoms with Crippen LogP contribution in [0.3, 0.4) is 0 Å². The number of nitrogens with zero attached hydrogens (tertiary/aromatic N) is 2. The third kappa shape index (κ3) is 5.27. The van der Waals surface area contributed by atoms with Gasteiger partial charge in [-0.3, -0.25) is 0 Å². The van der Waals surface area contributed by atoms with E-state index in [-0.39, 0.29) is 0 Å². The SMILES string of the molecule is COC(=O)C1=C(C)NC(=O)N[C@@H]1c1cn(-c2ccccc2)nc1-c1ccc(OCCC(C)C)c(C)c1. The monoisotopic (exact) mass is 488 g/mol. The van der Waals surface area contributed by atoms with Gasteiger partial charge >= 0.3 is 12.0 Å². The molecule has 2 amide bonds. The number of hydrogen-bond donors (Lipinski definition) is 2. The predicted octanol–water partition coefficient (Wildman–Crippen LogP) is 5.07. The summed E-state index contributed by atoms with van der Waals surface area (Å²) in [5, 5.41) is 10.4. The Balaban J connectivity index is 1.81. The molecule has 4 rings (SSSR count). The van der Waals surface area contributed by atoms with Gasteiger partial charge in [-0.2, -0.15) is 5.10 Å². The number of esters is 1. The van der Waals surface area contributed by atoms with E-state index < -0.39 is 18.0 Å². The van der Waals surface area contributed by atoms with Crippen LogP contribution in [-0.4, -0.2) is 35.5 Å². The van der Waals surface area contributed by atoms with E-state index in [0.717, 1.165) is 29.0 Å². The molecule has 1 aliphatic heterocycles. The first-order valence-electron chi connectivity index (χ1n) is 12.0. The van der Waals surface area contributed by atoms with Crippen molar-refractivity contribution in [2.24, 2.45) is 5.92 Å². The normalized spacial score (nSPS) is 15.5. The summed E-state index contributed by atoms with van der Waals surface area (Å²) in [6.07, 6.45) is 2.82. The van der Waals surface area contributed by atoms with Crippen molar-refractivity contribution in [3.63, 3.8) is 0 Å². The van der Waals surface area contributed by atoms with Crippen molar-refractivity contribution in [3.05, 3.63) is 77.1 Å². The van der Waals surface area contributed by atoms with Gasteiger partial charge in [0.2, 0.25) is 0 Å². The lowest BCUT2D eigenvalue weighted by atomic mass is 9.93. The summed E-state index contributed by atoms with van der Waals surface area (Å²) in [4.78, 5) is 25.2. The number of aromatic nitrogens is 2. The first-order chi connectivity index (χ1) is 17.3. The molecule has 2 N–H and O–H groups in total. The van der Waals surface area contributed by atoms with E-state index in [9.17, 15) is 9.59 Å². The number of aryl methyl sites for hydroxylation is 1. The Bertz CT molecular complexity index is 1290. The molecule has 0 bridgehead atoms. The van der Waals surface area contributed by atoms with Crippen molar-refractivity contribution >= 4 is 12.0 Å². The van der Waals surface area contributed by atoms with Gasteiger partial charge in [0.25, 0.3) is 0 Å². The molecular formula is C28H32N4O4. The van der Waals surface area contributed by atoms with Crippen LogP contribution < -0.4 is 15.4 Å². The van der Waals surface area contributed by atoms with Gasteiger partial charge in [-0.1, -0.05) is 32.0 Å². The van der Waals surface area contributed by atoms with Crippen LogP contribution in [0.4, 0.5) is 4.79 Å². The number of ether oxygens (including phenoxy) is 2. The zero-order chi connectivity index (χ0) is 25.8. The summed E-state index contributed by atoms with van der Waals surface area (Å²) in [6, 6.07) is 14.5. The molecule has 0 aliphatic carbocycles. The first kappa shape index (κ1) is 25.0. The molecule has 0 unspecified atom stereocenters. The largest absolute Gasteiger partial charge is 0.493 e. The minimum absolute atomic E-state index is 0.330. The van der Waals surface area contributed by atoms with Gasteiger partial charge in [0.1, 0.15) is 5.75 Å². The minimum Gasteiger partial charge on any atom is -0.493 e. The molecule has 1 aliphatic rings. The van der Waals surface area contributed by atoms with Gasteiger partial charge in [-0.05, 0) is 62.1 Å². The summed E-state index contributed by atoms with van der Waals surface area (Å²) < 4.78 is 12.8. The summed E-state index contributed by atoms with van der Waals surface area (Å²) in [5.74, 6) is 0.868. The van der Waals surface area contributed by atoms with Crippen molar-refractivity contribution in [2.75, 3.05) is 13.7 Å².